The number of hydrogen-bond acceptors (Lipinski definition) is 3. The molecule has 0 saturated heterocycles. The van der Waals surface area contributed by atoms with Crippen molar-refractivity contribution in [3.8, 4) is 17.0 Å². The lowest BCUT2D eigenvalue weighted by Crippen LogP contribution is -2.25. The number of aromatic nitrogens is 2. The van der Waals surface area contributed by atoms with E-state index in [0.29, 0.717) is 11.4 Å². The van der Waals surface area contributed by atoms with Gasteiger partial charge in [0.25, 0.3) is 5.91 Å². The number of hydrogen-bond donors (Lipinski definition) is 1. The highest BCUT2D eigenvalue weighted by Gasteiger charge is 2.20. The summed E-state index contributed by atoms with van der Waals surface area (Å²) in [4.78, 5) is 11.5. The van der Waals surface area contributed by atoms with Crippen molar-refractivity contribution in [1.29, 1.82) is 0 Å². The summed E-state index contributed by atoms with van der Waals surface area (Å²) in [7, 11) is 0. The van der Waals surface area contributed by atoms with Gasteiger partial charge in [-0.1, -0.05) is 0 Å². The van der Waals surface area contributed by atoms with E-state index in [9.17, 15) is 4.79 Å². The minimum atomic E-state index is -0.122. The van der Waals surface area contributed by atoms with Crippen LogP contribution in [-0.4, -0.2) is 22.3 Å². The molecule has 2 heterocycles. The fourth-order valence-electron chi connectivity index (χ4n) is 2.39. The highest BCUT2D eigenvalue weighted by atomic mass is 127. The Hall–Kier alpha value is -1.57. The third-order valence-electron chi connectivity index (χ3n) is 3.39. The summed E-state index contributed by atoms with van der Waals surface area (Å²) in [6.45, 7) is 6.30. The summed E-state index contributed by atoms with van der Waals surface area (Å²) in [6, 6.07) is 6.12. The van der Waals surface area contributed by atoms with Gasteiger partial charge in [-0.25, -0.2) is 0 Å². The van der Waals surface area contributed by atoms with E-state index in [-0.39, 0.29) is 18.6 Å². The van der Waals surface area contributed by atoms with Gasteiger partial charge in [0, 0.05) is 11.6 Å². The second-order valence-corrected chi connectivity index (χ2v) is 6.41. The Morgan fingerprint density at radius 3 is 2.90 bits per heavy atom. The van der Waals surface area contributed by atoms with Crippen molar-refractivity contribution in [2.24, 2.45) is 0 Å². The first-order valence-corrected chi connectivity index (χ1v) is 7.87. The zero-order valence-electron chi connectivity index (χ0n) is 12.1. The van der Waals surface area contributed by atoms with Gasteiger partial charge in [-0.3, -0.25) is 9.48 Å². The topological polar surface area (TPSA) is 56.2 Å². The lowest BCUT2D eigenvalue weighted by atomic mass is 10.1. The number of nitrogens with one attached hydrogen (secondary N) is 1. The molecule has 0 aliphatic carbocycles. The molecule has 1 aliphatic rings. The minimum absolute atomic E-state index is 0.0763. The Labute approximate surface area is 136 Å². The van der Waals surface area contributed by atoms with Crippen LogP contribution in [0.5, 0.6) is 5.75 Å². The van der Waals surface area contributed by atoms with Crippen molar-refractivity contribution in [3.63, 3.8) is 0 Å². The maximum absolute atomic E-state index is 11.5. The number of anilines is 1. The van der Waals surface area contributed by atoms with E-state index in [0.717, 1.165) is 20.5 Å². The summed E-state index contributed by atoms with van der Waals surface area (Å²) in [5.74, 6) is 0.587. The molecule has 3 rings (SSSR count). The van der Waals surface area contributed by atoms with Crippen LogP contribution >= 0.6 is 22.6 Å². The summed E-state index contributed by atoms with van der Waals surface area (Å²) < 4.78 is 8.55. The Morgan fingerprint density at radius 1 is 1.43 bits per heavy atom. The van der Waals surface area contributed by atoms with Crippen molar-refractivity contribution in [3.05, 3.63) is 27.5 Å². The lowest BCUT2D eigenvalue weighted by Gasteiger charge is -2.19. The molecule has 110 valence electrons. The van der Waals surface area contributed by atoms with Gasteiger partial charge in [0.2, 0.25) is 0 Å². The number of nitrogens with zero attached hydrogens (tertiary/aromatic N) is 2. The van der Waals surface area contributed by atoms with Crippen LogP contribution in [0.2, 0.25) is 0 Å². The van der Waals surface area contributed by atoms with E-state index < -0.39 is 0 Å². The van der Waals surface area contributed by atoms with Gasteiger partial charge >= 0.3 is 0 Å². The van der Waals surface area contributed by atoms with Gasteiger partial charge < -0.3 is 10.1 Å². The molecule has 0 atom stereocenters. The highest BCUT2D eigenvalue weighted by molar-refractivity contribution is 14.1. The standard InChI is InChI=1S/C15H16IN3O2/c1-8(2)19-15(14(16)9(3)18-19)10-4-5-12-11(6-10)17-13(20)7-21-12/h4-6,8H,7H2,1-3H3,(H,17,20). The monoisotopic (exact) mass is 397 g/mol. The van der Waals surface area contributed by atoms with Crippen LogP contribution < -0.4 is 10.1 Å². The number of aryl methyl sites for hydroxylation is 1. The Kier molecular flexibility index (Phi) is 3.64. The zero-order valence-corrected chi connectivity index (χ0v) is 14.3. The first-order chi connectivity index (χ1) is 9.97. The summed E-state index contributed by atoms with van der Waals surface area (Å²) in [5.41, 5.74) is 3.83. The molecule has 5 nitrogen and oxygen atoms in total. The molecule has 1 aromatic carbocycles. The third kappa shape index (κ3) is 2.52. The van der Waals surface area contributed by atoms with Crippen LogP contribution in [0, 0.1) is 10.5 Å². The summed E-state index contributed by atoms with van der Waals surface area (Å²) in [5, 5.41) is 7.45. The predicted molar refractivity (Wildman–Crippen MR) is 89.6 cm³/mol. The maximum Gasteiger partial charge on any atom is 0.262 e. The molecule has 0 bridgehead atoms. The van der Waals surface area contributed by atoms with Crippen LogP contribution in [0.4, 0.5) is 5.69 Å². The molecule has 0 saturated carbocycles. The normalized spacial score (nSPS) is 13.9. The molecule has 1 N–H and O–H groups in total. The summed E-state index contributed by atoms with van der Waals surface area (Å²) >= 11 is 2.32. The maximum atomic E-state index is 11.5. The number of ether oxygens (including phenoxy) is 1. The van der Waals surface area contributed by atoms with Crippen molar-refractivity contribution in [1.82, 2.24) is 9.78 Å². The molecule has 1 aromatic heterocycles. The number of rotatable bonds is 2. The van der Waals surface area contributed by atoms with Crippen LogP contribution in [0.25, 0.3) is 11.3 Å². The smallest absolute Gasteiger partial charge is 0.262 e. The number of fused-ring (bicyclic) bond motifs is 1. The first-order valence-electron chi connectivity index (χ1n) is 6.79. The van der Waals surface area contributed by atoms with E-state index in [4.69, 9.17) is 4.74 Å². The van der Waals surface area contributed by atoms with Crippen LogP contribution in [-0.2, 0) is 4.79 Å². The molecule has 6 heteroatoms. The minimum Gasteiger partial charge on any atom is -0.482 e. The van der Waals surface area contributed by atoms with Crippen LogP contribution in [0.3, 0.4) is 0 Å². The average Bonchev–Trinajstić information content (AvgIpc) is 2.74. The molecular formula is C15H16IN3O2. The second-order valence-electron chi connectivity index (χ2n) is 5.33. The van der Waals surface area contributed by atoms with Gasteiger partial charge in [0.05, 0.1) is 20.6 Å². The molecule has 1 amide bonds. The van der Waals surface area contributed by atoms with Gasteiger partial charge in [-0.2, -0.15) is 5.10 Å². The highest BCUT2D eigenvalue weighted by Crippen LogP contribution is 2.36. The van der Waals surface area contributed by atoms with Crippen molar-refractivity contribution >= 4 is 34.2 Å². The molecule has 0 unspecified atom stereocenters. The molecular weight excluding hydrogens is 381 g/mol. The number of amides is 1. The number of benzene rings is 1. The van der Waals surface area contributed by atoms with Gasteiger partial charge in [-0.15, -0.1) is 0 Å². The van der Waals surface area contributed by atoms with E-state index in [2.05, 4.69) is 46.9 Å². The third-order valence-corrected chi connectivity index (χ3v) is 4.68. The van der Waals surface area contributed by atoms with Crippen molar-refractivity contribution < 1.29 is 9.53 Å². The van der Waals surface area contributed by atoms with Crippen LogP contribution in [0.1, 0.15) is 25.6 Å². The molecule has 0 spiro atoms. The Morgan fingerprint density at radius 2 is 2.19 bits per heavy atom. The van der Waals surface area contributed by atoms with Crippen LogP contribution in [0.15, 0.2) is 18.2 Å². The number of halogens is 1. The van der Waals surface area contributed by atoms with Gasteiger partial charge in [0.1, 0.15) is 5.75 Å². The molecule has 0 radical (unpaired) electrons. The molecule has 0 fully saturated rings. The largest absolute Gasteiger partial charge is 0.482 e. The van der Waals surface area contributed by atoms with Gasteiger partial charge in [-0.05, 0) is 61.6 Å². The molecule has 2 aromatic rings. The van der Waals surface area contributed by atoms with Gasteiger partial charge in [0.15, 0.2) is 6.61 Å². The van der Waals surface area contributed by atoms with E-state index in [1.165, 1.54) is 0 Å². The van der Waals surface area contributed by atoms with E-state index >= 15 is 0 Å². The second kappa shape index (κ2) is 5.32. The fourth-order valence-corrected chi connectivity index (χ4v) is 3.06. The molecule has 21 heavy (non-hydrogen) atoms. The average molecular weight is 397 g/mol. The van der Waals surface area contributed by atoms with Crippen molar-refractivity contribution in [2.45, 2.75) is 26.8 Å². The predicted octanol–water partition coefficient (Wildman–Crippen LogP) is 3.37. The quantitative estimate of drug-likeness (QED) is 0.791. The molecule has 1 aliphatic heterocycles. The zero-order chi connectivity index (χ0) is 15.1. The number of carbonyl (C=O) groups excluding carboxylic acids is 1. The fraction of sp³-hybridized carbons (Fsp3) is 0.333. The summed E-state index contributed by atoms with van der Waals surface area (Å²) in [6.07, 6.45) is 0. The SMILES string of the molecule is Cc1nn(C(C)C)c(-c2ccc3c(c2)NC(=O)CO3)c1I. The van der Waals surface area contributed by atoms with E-state index in [1.807, 2.05) is 29.8 Å². The Bertz CT molecular complexity index is 722. The number of carbonyl (C=O) groups is 1. The Balaban J connectivity index is 2.13. The van der Waals surface area contributed by atoms with E-state index in [1.54, 1.807) is 0 Å². The van der Waals surface area contributed by atoms with Crippen molar-refractivity contribution in [2.75, 3.05) is 11.9 Å². The lowest BCUT2D eigenvalue weighted by molar-refractivity contribution is -0.118. The first kappa shape index (κ1) is 14.4.